The summed E-state index contributed by atoms with van der Waals surface area (Å²) < 4.78 is 5.08. The van der Waals surface area contributed by atoms with E-state index in [0.717, 1.165) is 51.2 Å². The molecule has 13 aromatic rings. The quantitative estimate of drug-likeness (QED) is 0.135. The van der Waals surface area contributed by atoms with Crippen molar-refractivity contribution in [2.24, 2.45) is 0 Å². The molecule has 3 nitrogen and oxygen atoms in total. The van der Waals surface area contributed by atoms with Crippen molar-refractivity contribution in [3.8, 4) is 22.3 Å². The molecule has 0 N–H and O–H groups in total. The summed E-state index contributed by atoms with van der Waals surface area (Å²) in [6.45, 7) is 4.73. The van der Waals surface area contributed by atoms with Crippen LogP contribution in [0.5, 0.6) is 0 Å². The highest BCUT2D eigenvalue weighted by molar-refractivity contribution is 7.26. The molecule has 0 fully saturated rings. The largest absolute Gasteiger partial charge is 0.310 e. The van der Waals surface area contributed by atoms with E-state index in [-0.39, 0.29) is 5.41 Å². The summed E-state index contributed by atoms with van der Waals surface area (Å²) in [7, 11) is 0. The topological polar surface area (TPSA) is 9.72 Å². The van der Waals surface area contributed by atoms with Gasteiger partial charge in [-0.1, -0.05) is 159 Å². The Hall–Kier alpha value is -8.74. The number of para-hydroxylation sites is 2. The van der Waals surface area contributed by atoms with Crippen LogP contribution >= 0.6 is 22.7 Å². The fourth-order valence-electron chi connectivity index (χ4n) is 11.4. The predicted molar refractivity (Wildman–Crippen MR) is 319 cm³/mol. The van der Waals surface area contributed by atoms with Crippen molar-refractivity contribution in [2.45, 2.75) is 19.3 Å². The summed E-state index contributed by atoms with van der Waals surface area (Å²) in [6, 6.07) is 95.8. The Balaban J connectivity index is 0.877. The third-order valence-electron chi connectivity index (χ3n) is 15.0. The number of anilines is 9. The van der Waals surface area contributed by atoms with E-state index in [1.807, 2.05) is 22.7 Å². The van der Waals surface area contributed by atoms with E-state index in [1.165, 1.54) is 73.7 Å². The van der Waals surface area contributed by atoms with Crippen LogP contribution in [0.1, 0.15) is 25.0 Å². The second-order valence-electron chi connectivity index (χ2n) is 19.8. The first kappa shape index (κ1) is 44.0. The third kappa shape index (κ3) is 7.46. The van der Waals surface area contributed by atoms with Crippen LogP contribution in [0.15, 0.2) is 261 Å². The van der Waals surface area contributed by atoms with Gasteiger partial charge in [-0.05, 0) is 149 Å². The van der Waals surface area contributed by atoms with Crippen LogP contribution in [-0.4, -0.2) is 0 Å². The van der Waals surface area contributed by atoms with E-state index in [1.54, 1.807) is 0 Å². The lowest BCUT2D eigenvalue weighted by Gasteiger charge is -2.30. The minimum atomic E-state index is -0.141. The van der Waals surface area contributed by atoms with Gasteiger partial charge in [-0.15, -0.1) is 22.7 Å². The van der Waals surface area contributed by atoms with Crippen molar-refractivity contribution in [3.63, 3.8) is 0 Å². The van der Waals surface area contributed by atoms with Gasteiger partial charge in [-0.2, -0.15) is 0 Å². The Labute approximate surface area is 439 Å². The van der Waals surface area contributed by atoms with Gasteiger partial charge in [-0.25, -0.2) is 0 Å². The summed E-state index contributed by atoms with van der Waals surface area (Å²) in [5, 5.41) is 5.09. The summed E-state index contributed by atoms with van der Waals surface area (Å²) in [5.41, 5.74) is 17.6. The number of thiophene rings is 2. The fourth-order valence-corrected chi connectivity index (χ4v) is 13.7. The maximum atomic E-state index is 2.46. The van der Waals surface area contributed by atoms with Crippen molar-refractivity contribution in [3.05, 3.63) is 272 Å². The first-order valence-corrected chi connectivity index (χ1v) is 26.9. The minimum Gasteiger partial charge on any atom is -0.310 e. The van der Waals surface area contributed by atoms with Gasteiger partial charge in [0.15, 0.2) is 0 Å². The molecule has 0 aliphatic heterocycles. The van der Waals surface area contributed by atoms with E-state index in [2.05, 4.69) is 289 Å². The number of hydrogen-bond donors (Lipinski definition) is 0. The van der Waals surface area contributed by atoms with Gasteiger partial charge in [0.05, 0.1) is 0 Å². The van der Waals surface area contributed by atoms with Crippen LogP contribution in [-0.2, 0) is 5.41 Å². The first-order valence-electron chi connectivity index (χ1n) is 25.3. The maximum absolute atomic E-state index is 2.46. The van der Waals surface area contributed by atoms with E-state index in [0.29, 0.717) is 0 Å². The molecule has 0 unspecified atom stereocenters. The zero-order valence-corrected chi connectivity index (χ0v) is 42.6. The molecule has 14 rings (SSSR count). The average Bonchev–Trinajstić information content (AvgIpc) is 4.08. The standard InChI is InChI=1S/C69H49N3S2/c1-69(2)63-27-14-12-25-57(63)58-37-33-54(43-64(58)69)72(56-34-38-60-59-26-13-15-28-65(59)73-67(60)45-56)52-24-16-23-51(41-52)71(49-21-10-5-11-22-49)55-35-39-61-62-42-53(36-40-66(62)74-68(61)44-55)70(48-19-8-4-9-20-48)50-31-29-47(30-32-50)46-17-6-3-7-18-46/h3-45H,1-2H3. The summed E-state index contributed by atoms with van der Waals surface area (Å²) in [4.78, 5) is 7.23. The highest BCUT2D eigenvalue weighted by atomic mass is 32.1. The van der Waals surface area contributed by atoms with Crippen LogP contribution in [0.25, 0.3) is 62.6 Å². The Morgan fingerprint density at radius 1 is 0.257 bits per heavy atom. The molecule has 1 aliphatic carbocycles. The summed E-state index contributed by atoms with van der Waals surface area (Å²) in [6.07, 6.45) is 0. The number of hydrogen-bond acceptors (Lipinski definition) is 5. The molecule has 5 heteroatoms. The monoisotopic (exact) mass is 983 g/mol. The molecule has 0 radical (unpaired) electrons. The second-order valence-corrected chi connectivity index (χ2v) is 21.9. The van der Waals surface area contributed by atoms with Crippen LogP contribution in [0.4, 0.5) is 51.2 Å². The van der Waals surface area contributed by atoms with Crippen LogP contribution in [0.3, 0.4) is 0 Å². The molecular formula is C69H49N3S2. The van der Waals surface area contributed by atoms with Gasteiger partial charge in [0, 0.05) is 96.9 Å². The molecule has 74 heavy (non-hydrogen) atoms. The van der Waals surface area contributed by atoms with Crippen molar-refractivity contribution >= 4 is 114 Å². The third-order valence-corrected chi connectivity index (χ3v) is 17.3. The Morgan fingerprint density at radius 3 is 1.36 bits per heavy atom. The Bertz CT molecular complexity index is 4230. The van der Waals surface area contributed by atoms with E-state index in [9.17, 15) is 0 Å². The van der Waals surface area contributed by atoms with Gasteiger partial charge in [0.25, 0.3) is 0 Å². The molecule has 0 saturated heterocycles. The summed E-state index contributed by atoms with van der Waals surface area (Å²) >= 11 is 3.72. The summed E-state index contributed by atoms with van der Waals surface area (Å²) in [5.74, 6) is 0. The van der Waals surface area contributed by atoms with Crippen molar-refractivity contribution in [1.82, 2.24) is 0 Å². The van der Waals surface area contributed by atoms with Crippen molar-refractivity contribution in [1.29, 1.82) is 0 Å². The average molecular weight is 984 g/mol. The maximum Gasteiger partial charge on any atom is 0.0482 e. The van der Waals surface area contributed by atoms with E-state index in [4.69, 9.17) is 0 Å². The number of rotatable bonds is 10. The molecule has 0 saturated carbocycles. The Morgan fingerprint density at radius 2 is 0.676 bits per heavy atom. The molecule has 0 bridgehead atoms. The van der Waals surface area contributed by atoms with E-state index < -0.39 is 0 Å². The van der Waals surface area contributed by atoms with Crippen LogP contribution < -0.4 is 14.7 Å². The van der Waals surface area contributed by atoms with Crippen molar-refractivity contribution in [2.75, 3.05) is 14.7 Å². The number of nitrogens with zero attached hydrogens (tertiary/aromatic N) is 3. The molecule has 2 aromatic heterocycles. The number of benzene rings is 11. The fraction of sp³-hybridized carbons (Fsp3) is 0.0435. The van der Waals surface area contributed by atoms with Gasteiger partial charge in [0.2, 0.25) is 0 Å². The molecule has 11 aromatic carbocycles. The van der Waals surface area contributed by atoms with Gasteiger partial charge in [0.1, 0.15) is 0 Å². The zero-order valence-electron chi connectivity index (χ0n) is 41.0. The lowest BCUT2D eigenvalue weighted by atomic mass is 9.82. The smallest absolute Gasteiger partial charge is 0.0482 e. The molecule has 0 spiro atoms. The highest BCUT2D eigenvalue weighted by Gasteiger charge is 2.36. The van der Waals surface area contributed by atoms with Gasteiger partial charge >= 0.3 is 0 Å². The molecule has 352 valence electrons. The molecular weight excluding hydrogens is 935 g/mol. The lowest BCUT2D eigenvalue weighted by Crippen LogP contribution is -2.17. The van der Waals surface area contributed by atoms with Crippen molar-refractivity contribution < 1.29 is 0 Å². The van der Waals surface area contributed by atoms with E-state index >= 15 is 0 Å². The van der Waals surface area contributed by atoms with Crippen LogP contribution in [0, 0.1) is 0 Å². The molecule has 0 amide bonds. The van der Waals surface area contributed by atoms with Gasteiger partial charge in [-0.3, -0.25) is 0 Å². The normalized spacial score (nSPS) is 12.6. The highest BCUT2D eigenvalue weighted by Crippen LogP contribution is 2.52. The zero-order chi connectivity index (χ0) is 49.3. The SMILES string of the molecule is CC1(C)c2ccccc2-c2ccc(N(c3cccc(N(c4ccccc4)c4ccc5c(c4)sc4ccc(N(c6ccccc6)c6ccc(-c7ccccc7)cc6)cc45)c3)c3ccc4c(c3)sc3ccccc34)cc21. The van der Waals surface area contributed by atoms with Gasteiger partial charge < -0.3 is 14.7 Å². The molecule has 2 heterocycles. The first-order chi connectivity index (χ1) is 36.4. The Kier molecular flexibility index (Phi) is 10.6. The minimum absolute atomic E-state index is 0.141. The molecule has 0 atom stereocenters. The second kappa shape index (κ2) is 17.8. The number of fused-ring (bicyclic) bond motifs is 9. The predicted octanol–water partition coefficient (Wildman–Crippen LogP) is 20.8. The molecule has 1 aliphatic rings. The van der Waals surface area contributed by atoms with Crippen LogP contribution in [0.2, 0.25) is 0 Å². The lowest BCUT2D eigenvalue weighted by molar-refractivity contribution is 0.660.